The molecule has 1 aromatic carbocycles. The van der Waals surface area contributed by atoms with Crippen molar-refractivity contribution >= 4 is 12.4 Å². The number of alkyl halides is 3. The van der Waals surface area contributed by atoms with E-state index in [0.29, 0.717) is 5.75 Å². The van der Waals surface area contributed by atoms with Crippen LogP contribution in [0.3, 0.4) is 0 Å². The topological polar surface area (TPSA) is 21.3 Å². The van der Waals surface area contributed by atoms with Gasteiger partial charge < -0.3 is 10.1 Å². The number of halogens is 4. The minimum Gasteiger partial charge on any atom is -0.496 e. The smallest absolute Gasteiger partial charge is 0.416 e. The van der Waals surface area contributed by atoms with Gasteiger partial charge >= 0.3 is 6.18 Å². The number of hydrogen-bond donors (Lipinski definition) is 1. The molecule has 1 aliphatic heterocycles. The molecule has 1 atom stereocenters. The van der Waals surface area contributed by atoms with Gasteiger partial charge in [0.05, 0.1) is 12.7 Å². The van der Waals surface area contributed by atoms with Crippen molar-refractivity contribution < 1.29 is 17.9 Å². The predicted octanol–water partition coefficient (Wildman–Crippen LogP) is 3.60. The fourth-order valence-electron chi connectivity index (χ4n) is 2.34. The molecule has 108 valence electrons. The van der Waals surface area contributed by atoms with E-state index in [2.05, 4.69) is 5.32 Å². The second-order valence-corrected chi connectivity index (χ2v) is 4.50. The van der Waals surface area contributed by atoms with E-state index >= 15 is 0 Å². The molecule has 2 rings (SSSR count). The third-order valence-electron chi connectivity index (χ3n) is 3.30. The van der Waals surface area contributed by atoms with Crippen molar-refractivity contribution in [2.75, 3.05) is 20.2 Å². The van der Waals surface area contributed by atoms with Crippen LogP contribution in [0.2, 0.25) is 0 Å². The van der Waals surface area contributed by atoms with E-state index in [4.69, 9.17) is 4.74 Å². The molecule has 1 saturated heterocycles. The Kier molecular flexibility index (Phi) is 5.50. The maximum atomic E-state index is 12.6. The highest BCUT2D eigenvalue weighted by Crippen LogP contribution is 2.37. The first kappa shape index (κ1) is 16.1. The van der Waals surface area contributed by atoms with Crippen molar-refractivity contribution in [3.05, 3.63) is 29.3 Å². The first-order valence-corrected chi connectivity index (χ1v) is 5.98. The SMILES string of the molecule is COc1cc(C(F)(F)F)ccc1[C@@H]1CCCNC1.Cl. The van der Waals surface area contributed by atoms with Gasteiger partial charge in [-0.05, 0) is 37.1 Å². The fourth-order valence-corrected chi connectivity index (χ4v) is 2.34. The van der Waals surface area contributed by atoms with Crippen LogP contribution in [0.25, 0.3) is 0 Å². The van der Waals surface area contributed by atoms with E-state index in [1.165, 1.54) is 7.11 Å². The molecule has 0 bridgehead atoms. The van der Waals surface area contributed by atoms with Crippen LogP contribution in [0.1, 0.15) is 29.9 Å². The van der Waals surface area contributed by atoms with Crippen LogP contribution in [-0.4, -0.2) is 20.2 Å². The van der Waals surface area contributed by atoms with Gasteiger partial charge in [-0.3, -0.25) is 0 Å². The minimum atomic E-state index is -4.32. The lowest BCUT2D eigenvalue weighted by molar-refractivity contribution is -0.137. The molecule has 19 heavy (non-hydrogen) atoms. The molecule has 0 radical (unpaired) electrons. The first-order valence-electron chi connectivity index (χ1n) is 5.98. The van der Waals surface area contributed by atoms with Crippen LogP contribution < -0.4 is 10.1 Å². The lowest BCUT2D eigenvalue weighted by atomic mass is 9.90. The van der Waals surface area contributed by atoms with Gasteiger partial charge in [0.25, 0.3) is 0 Å². The van der Waals surface area contributed by atoms with Gasteiger partial charge in [-0.15, -0.1) is 12.4 Å². The monoisotopic (exact) mass is 295 g/mol. The van der Waals surface area contributed by atoms with Crippen molar-refractivity contribution in [2.45, 2.75) is 24.9 Å². The highest BCUT2D eigenvalue weighted by atomic mass is 35.5. The third kappa shape index (κ3) is 3.76. The maximum absolute atomic E-state index is 12.6. The second kappa shape index (κ2) is 6.48. The summed E-state index contributed by atoms with van der Waals surface area (Å²) in [6.07, 6.45) is -2.31. The van der Waals surface area contributed by atoms with E-state index in [1.807, 2.05) is 0 Å². The summed E-state index contributed by atoms with van der Waals surface area (Å²) in [5.41, 5.74) is 0.199. The van der Waals surface area contributed by atoms with Gasteiger partial charge in [0.1, 0.15) is 5.75 Å². The molecule has 1 fully saturated rings. The average Bonchev–Trinajstić information content (AvgIpc) is 2.38. The van der Waals surface area contributed by atoms with Crippen LogP contribution in [0.4, 0.5) is 13.2 Å². The minimum absolute atomic E-state index is 0. The molecule has 0 aromatic heterocycles. The highest BCUT2D eigenvalue weighted by molar-refractivity contribution is 5.85. The van der Waals surface area contributed by atoms with Crippen molar-refractivity contribution in [3.8, 4) is 5.75 Å². The van der Waals surface area contributed by atoms with Gasteiger partial charge in [-0.2, -0.15) is 13.2 Å². The molecule has 2 nitrogen and oxygen atoms in total. The number of rotatable bonds is 2. The van der Waals surface area contributed by atoms with E-state index in [-0.39, 0.29) is 18.3 Å². The van der Waals surface area contributed by atoms with E-state index in [9.17, 15) is 13.2 Å². The molecule has 0 saturated carbocycles. The summed E-state index contributed by atoms with van der Waals surface area (Å²) in [5.74, 6) is 0.564. The molecule has 1 aromatic rings. The van der Waals surface area contributed by atoms with Crippen LogP contribution in [0, 0.1) is 0 Å². The zero-order valence-corrected chi connectivity index (χ0v) is 11.4. The van der Waals surface area contributed by atoms with Gasteiger partial charge in [0, 0.05) is 12.5 Å². The summed E-state index contributed by atoms with van der Waals surface area (Å²) in [6, 6.07) is 3.76. The highest BCUT2D eigenvalue weighted by Gasteiger charge is 2.32. The summed E-state index contributed by atoms with van der Waals surface area (Å²) < 4.78 is 42.9. The van der Waals surface area contributed by atoms with Crippen LogP contribution in [0.15, 0.2) is 18.2 Å². The van der Waals surface area contributed by atoms with E-state index in [0.717, 1.165) is 43.6 Å². The van der Waals surface area contributed by atoms with Gasteiger partial charge in [0.2, 0.25) is 0 Å². The van der Waals surface area contributed by atoms with Crippen LogP contribution in [0.5, 0.6) is 5.75 Å². The molecule has 1 aliphatic rings. The molecular weight excluding hydrogens is 279 g/mol. The Morgan fingerprint density at radius 3 is 2.58 bits per heavy atom. The molecular formula is C13H17ClF3NO. The average molecular weight is 296 g/mol. The Hall–Kier alpha value is -0.940. The van der Waals surface area contributed by atoms with Crippen molar-refractivity contribution in [3.63, 3.8) is 0 Å². The van der Waals surface area contributed by atoms with Gasteiger partial charge in [-0.25, -0.2) is 0 Å². The molecule has 0 amide bonds. The Morgan fingerprint density at radius 1 is 1.32 bits per heavy atom. The lowest BCUT2D eigenvalue weighted by Gasteiger charge is -2.25. The van der Waals surface area contributed by atoms with Crippen molar-refractivity contribution in [2.24, 2.45) is 0 Å². The molecule has 0 unspecified atom stereocenters. The molecule has 0 aliphatic carbocycles. The fraction of sp³-hybridized carbons (Fsp3) is 0.538. The zero-order valence-electron chi connectivity index (χ0n) is 10.6. The number of nitrogens with one attached hydrogen (secondary N) is 1. The quantitative estimate of drug-likeness (QED) is 0.900. The number of hydrogen-bond acceptors (Lipinski definition) is 2. The number of ether oxygens (including phenoxy) is 1. The largest absolute Gasteiger partial charge is 0.496 e. The molecule has 1 N–H and O–H groups in total. The summed E-state index contributed by atoms with van der Waals surface area (Å²) in [5, 5.41) is 3.25. The maximum Gasteiger partial charge on any atom is 0.416 e. The number of methoxy groups -OCH3 is 1. The number of benzene rings is 1. The standard InChI is InChI=1S/C13H16F3NO.ClH/c1-18-12-7-10(13(14,15)16)4-5-11(12)9-3-2-6-17-8-9;/h4-5,7,9,17H,2-3,6,8H2,1H3;1H/t9-;/m1./s1. The summed E-state index contributed by atoms with van der Waals surface area (Å²) in [7, 11) is 1.41. The second-order valence-electron chi connectivity index (χ2n) is 4.50. The summed E-state index contributed by atoms with van der Waals surface area (Å²) in [6.45, 7) is 1.77. The summed E-state index contributed by atoms with van der Waals surface area (Å²) >= 11 is 0. The molecule has 1 heterocycles. The summed E-state index contributed by atoms with van der Waals surface area (Å²) in [4.78, 5) is 0. The van der Waals surface area contributed by atoms with Crippen molar-refractivity contribution in [1.82, 2.24) is 5.32 Å². The Bertz CT molecular complexity index is 417. The number of piperidine rings is 1. The van der Waals surface area contributed by atoms with E-state index < -0.39 is 11.7 Å². The Labute approximate surface area is 116 Å². The molecule has 0 spiro atoms. The normalized spacial score (nSPS) is 19.7. The van der Waals surface area contributed by atoms with Crippen LogP contribution >= 0.6 is 12.4 Å². The Balaban J connectivity index is 0.00000180. The van der Waals surface area contributed by atoms with Gasteiger partial charge in [-0.1, -0.05) is 6.07 Å². The third-order valence-corrected chi connectivity index (χ3v) is 3.30. The first-order chi connectivity index (χ1) is 8.52. The zero-order chi connectivity index (χ0) is 13.2. The molecule has 6 heteroatoms. The Morgan fingerprint density at radius 2 is 2.05 bits per heavy atom. The lowest BCUT2D eigenvalue weighted by Crippen LogP contribution is -2.28. The van der Waals surface area contributed by atoms with E-state index in [1.54, 1.807) is 6.07 Å². The predicted molar refractivity (Wildman–Crippen MR) is 70.1 cm³/mol. The van der Waals surface area contributed by atoms with Gasteiger partial charge in [0.15, 0.2) is 0 Å². The van der Waals surface area contributed by atoms with Crippen LogP contribution in [-0.2, 0) is 6.18 Å². The van der Waals surface area contributed by atoms with Crippen molar-refractivity contribution in [1.29, 1.82) is 0 Å².